The molecular weight excluding hydrogens is 302 g/mol. The minimum absolute atomic E-state index is 0.105. The summed E-state index contributed by atoms with van der Waals surface area (Å²) in [6.07, 6.45) is 3.76. The molecule has 0 aliphatic heterocycles. The fourth-order valence-corrected chi connectivity index (χ4v) is 2.66. The standard InChI is InChI=1S/C19H19N3O2/c1-2-21(13-11-15-8-4-3-5-9-15)18(23)16-14-20-17-10-6-7-12-22(17)19(16)24/h3-10,12,14H,2,11,13H2,1H3. The van der Waals surface area contributed by atoms with Gasteiger partial charge in [0.1, 0.15) is 11.2 Å². The first-order valence-corrected chi connectivity index (χ1v) is 8.00. The van der Waals surface area contributed by atoms with Gasteiger partial charge in [-0.3, -0.25) is 14.0 Å². The van der Waals surface area contributed by atoms with Gasteiger partial charge in [0.25, 0.3) is 11.5 Å². The summed E-state index contributed by atoms with van der Waals surface area (Å²) in [5.74, 6) is -0.274. The first-order valence-electron chi connectivity index (χ1n) is 8.00. The third-order valence-electron chi connectivity index (χ3n) is 4.03. The summed E-state index contributed by atoms with van der Waals surface area (Å²) in [7, 11) is 0. The Morgan fingerprint density at radius 3 is 2.62 bits per heavy atom. The molecule has 1 amide bonds. The minimum Gasteiger partial charge on any atom is -0.338 e. The summed E-state index contributed by atoms with van der Waals surface area (Å²) < 4.78 is 1.40. The number of carbonyl (C=O) groups excluding carboxylic acids is 1. The molecule has 122 valence electrons. The second-order valence-corrected chi connectivity index (χ2v) is 5.53. The van der Waals surface area contributed by atoms with E-state index >= 15 is 0 Å². The Bertz CT molecular complexity index is 903. The van der Waals surface area contributed by atoms with Crippen molar-refractivity contribution in [3.63, 3.8) is 0 Å². The zero-order chi connectivity index (χ0) is 16.9. The number of likely N-dealkylation sites (N-methyl/N-ethyl adjacent to an activating group) is 1. The molecule has 0 spiro atoms. The van der Waals surface area contributed by atoms with Crippen molar-refractivity contribution in [3.8, 4) is 0 Å². The SMILES string of the molecule is CCN(CCc1ccccc1)C(=O)c1cnc2ccccn2c1=O. The zero-order valence-electron chi connectivity index (χ0n) is 13.6. The van der Waals surface area contributed by atoms with Crippen molar-refractivity contribution in [2.45, 2.75) is 13.3 Å². The monoisotopic (exact) mass is 321 g/mol. The second kappa shape index (κ2) is 7.08. The molecule has 0 fully saturated rings. The fraction of sp³-hybridized carbons (Fsp3) is 0.211. The first-order chi connectivity index (χ1) is 11.7. The number of benzene rings is 1. The Kier molecular flexibility index (Phi) is 4.70. The number of carbonyl (C=O) groups is 1. The number of hydrogen-bond donors (Lipinski definition) is 0. The van der Waals surface area contributed by atoms with Gasteiger partial charge >= 0.3 is 0 Å². The van der Waals surface area contributed by atoms with Crippen LogP contribution in [0, 0.1) is 0 Å². The van der Waals surface area contributed by atoms with Crippen LogP contribution in [0.25, 0.3) is 5.65 Å². The largest absolute Gasteiger partial charge is 0.338 e. The van der Waals surface area contributed by atoms with Crippen LogP contribution in [0.4, 0.5) is 0 Å². The predicted molar refractivity (Wildman–Crippen MR) is 93.2 cm³/mol. The molecule has 0 atom stereocenters. The van der Waals surface area contributed by atoms with E-state index in [0.717, 1.165) is 12.0 Å². The van der Waals surface area contributed by atoms with E-state index in [4.69, 9.17) is 0 Å². The summed E-state index contributed by atoms with van der Waals surface area (Å²) in [5, 5.41) is 0. The Labute approximate surface area is 140 Å². The van der Waals surface area contributed by atoms with Gasteiger partial charge in [-0.05, 0) is 31.0 Å². The van der Waals surface area contributed by atoms with Gasteiger partial charge in [-0.15, -0.1) is 0 Å². The zero-order valence-corrected chi connectivity index (χ0v) is 13.6. The van der Waals surface area contributed by atoms with E-state index in [1.54, 1.807) is 23.2 Å². The summed E-state index contributed by atoms with van der Waals surface area (Å²) >= 11 is 0. The lowest BCUT2D eigenvalue weighted by molar-refractivity contribution is 0.0764. The Morgan fingerprint density at radius 2 is 1.88 bits per heavy atom. The molecule has 3 aromatic rings. The van der Waals surface area contributed by atoms with Gasteiger partial charge in [-0.25, -0.2) is 4.98 Å². The van der Waals surface area contributed by atoms with E-state index in [-0.39, 0.29) is 17.0 Å². The molecule has 0 saturated heterocycles. The number of amides is 1. The average Bonchev–Trinajstić information content (AvgIpc) is 2.63. The van der Waals surface area contributed by atoms with Crippen molar-refractivity contribution in [2.24, 2.45) is 0 Å². The highest BCUT2D eigenvalue weighted by atomic mass is 16.2. The summed E-state index contributed by atoms with van der Waals surface area (Å²) in [6, 6.07) is 15.3. The van der Waals surface area contributed by atoms with Crippen molar-refractivity contribution in [2.75, 3.05) is 13.1 Å². The Hall–Kier alpha value is -2.95. The van der Waals surface area contributed by atoms with Crippen LogP contribution in [0.5, 0.6) is 0 Å². The molecule has 0 unspecified atom stereocenters. The Morgan fingerprint density at radius 1 is 1.12 bits per heavy atom. The normalized spacial score (nSPS) is 10.7. The molecule has 2 heterocycles. The topological polar surface area (TPSA) is 54.7 Å². The molecule has 0 radical (unpaired) electrons. The van der Waals surface area contributed by atoms with E-state index in [1.807, 2.05) is 43.3 Å². The molecule has 5 heteroatoms. The molecule has 0 saturated carbocycles. The van der Waals surface area contributed by atoms with Gasteiger partial charge in [0, 0.05) is 25.5 Å². The molecule has 0 bridgehead atoms. The van der Waals surface area contributed by atoms with Gasteiger partial charge < -0.3 is 4.90 Å². The predicted octanol–water partition coefficient (Wildman–Crippen LogP) is 2.40. The second-order valence-electron chi connectivity index (χ2n) is 5.53. The molecule has 0 N–H and O–H groups in total. The number of rotatable bonds is 5. The van der Waals surface area contributed by atoms with Crippen molar-refractivity contribution in [1.29, 1.82) is 0 Å². The van der Waals surface area contributed by atoms with Crippen molar-refractivity contribution >= 4 is 11.6 Å². The third kappa shape index (κ3) is 3.20. The molecule has 0 aliphatic carbocycles. The lowest BCUT2D eigenvalue weighted by Gasteiger charge is -2.20. The van der Waals surface area contributed by atoms with Gasteiger partial charge in [0.2, 0.25) is 0 Å². The summed E-state index contributed by atoms with van der Waals surface area (Å²) in [5.41, 5.74) is 1.47. The van der Waals surface area contributed by atoms with Crippen LogP contribution >= 0.6 is 0 Å². The van der Waals surface area contributed by atoms with E-state index < -0.39 is 0 Å². The van der Waals surface area contributed by atoms with Crippen LogP contribution in [0.2, 0.25) is 0 Å². The van der Waals surface area contributed by atoms with Crippen molar-refractivity contribution in [1.82, 2.24) is 14.3 Å². The van der Waals surface area contributed by atoms with Crippen LogP contribution < -0.4 is 5.56 Å². The van der Waals surface area contributed by atoms with Gasteiger partial charge in [-0.1, -0.05) is 36.4 Å². The molecule has 24 heavy (non-hydrogen) atoms. The summed E-state index contributed by atoms with van der Waals surface area (Å²) in [6.45, 7) is 3.02. The first kappa shape index (κ1) is 15.9. The number of fused-ring (bicyclic) bond motifs is 1. The molecule has 3 rings (SSSR count). The van der Waals surface area contributed by atoms with Crippen LogP contribution in [0.15, 0.2) is 65.7 Å². The summed E-state index contributed by atoms with van der Waals surface area (Å²) in [4.78, 5) is 31.2. The maximum Gasteiger partial charge on any atom is 0.270 e. The van der Waals surface area contributed by atoms with Crippen LogP contribution in [0.1, 0.15) is 22.8 Å². The molecular formula is C19H19N3O2. The van der Waals surface area contributed by atoms with E-state index in [1.165, 1.54) is 10.6 Å². The molecule has 0 aliphatic rings. The maximum atomic E-state index is 12.7. The lowest BCUT2D eigenvalue weighted by atomic mass is 10.1. The van der Waals surface area contributed by atoms with Crippen LogP contribution in [-0.4, -0.2) is 33.3 Å². The van der Waals surface area contributed by atoms with Crippen molar-refractivity contribution in [3.05, 3.63) is 82.4 Å². The maximum absolute atomic E-state index is 12.7. The van der Waals surface area contributed by atoms with Gasteiger partial charge in [0.15, 0.2) is 0 Å². The highest BCUT2D eigenvalue weighted by molar-refractivity contribution is 5.93. The molecule has 2 aromatic heterocycles. The average molecular weight is 321 g/mol. The molecule has 5 nitrogen and oxygen atoms in total. The highest BCUT2D eigenvalue weighted by Crippen LogP contribution is 2.05. The van der Waals surface area contributed by atoms with Crippen molar-refractivity contribution < 1.29 is 4.79 Å². The molecule has 1 aromatic carbocycles. The number of nitrogens with zero attached hydrogens (tertiary/aromatic N) is 3. The van der Waals surface area contributed by atoms with E-state index in [2.05, 4.69) is 4.98 Å². The van der Waals surface area contributed by atoms with Crippen LogP contribution in [0.3, 0.4) is 0 Å². The van der Waals surface area contributed by atoms with Gasteiger partial charge in [0.05, 0.1) is 0 Å². The Balaban J connectivity index is 1.83. The number of aromatic nitrogens is 2. The van der Waals surface area contributed by atoms with E-state index in [0.29, 0.717) is 18.7 Å². The smallest absolute Gasteiger partial charge is 0.270 e. The fourth-order valence-electron chi connectivity index (χ4n) is 2.66. The third-order valence-corrected chi connectivity index (χ3v) is 4.03. The van der Waals surface area contributed by atoms with E-state index in [9.17, 15) is 9.59 Å². The minimum atomic E-state index is -0.330. The number of pyridine rings is 1. The highest BCUT2D eigenvalue weighted by Gasteiger charge is 2.19. The lowest BCUT2D eigenvalue weighted by Crippen LogP contribution is -2.37. The van der Waals surface area contributed by atoms with Gasteiger partial charge in [-0.2, -0.15) is 0 Å². The number of hydrogen-bond acceptors (Lipinski definition) is 3. The quantitative estimate of drug-likeness (QED) is 0.725. The van der Waals surface area contributed by atoms with Crippen LogP contribution in [-0.2, 0) is 6.42 Å².